The Hall–Kier alpha value is -0.170. The molecule has 0 aliphatic rings. The van der Waals surface area contributed by atoms with Gasteiger partial charge in [-0.1, -0.05) is 6.92 Å². The third kappa shape index (κ3) is 13.6. The Morgan fingerprint density at radius 3 is 0.852 bits per heavy atom. The molecule has 3 nitrogen and oxygen atoms in total. The van der Waals surface area contributed by atoms with E-state index < -0.39 is 29.7 Å². The van der Waals surface area contributed by atoms with Crippen LogP contribution in [0.3, 0.4) is 0 Å². The van der Waals surface area contributed by atoms with Crippen molar-refractivity contribution < 1.29 is 70.6 Å². The van der Waals surface area contributed by atoms with Gasteiger partial charge in [-0.25, -0.2) is 0 Å². The van der Waals surface area contributed by atoms with Crippen molar-refractivity contribution in [2.75, 3.05) is 0 Å². The summed E-state index contributed by atoms with van der Waals surface area (Å²) in [7, 11) is 0. The molecule has 0 unspecified atom stereocenters. The van der Waals surface area contributed by atoms with Crippen LogP contribution in [-0.4, -0.2) is 45.5 Å². The predicted octanol–water partition coefficient (Wildman–Crippen LogP) is 5.54. The van der Waals surface area contributed by atoms with Gasteiger partial charge >= 0.3 is 74.7 Å². The predicted molar refractivity (Wildman–Crippen MR) is 78.3 cm³/mol. The zero-order valence-corrected chi connectivity index (χ0v) is 19.1. The van der Waals surface area contributed by atoms with Crippen molar-refractivity contribution in [2.24, 2.45) is 3.34 Å². The summed E-state index contributed by atoms with van der Waals surface area (Å²) >= 11 is 1.15. The van der Waals surface area contributed by atoms with Crippen LogP contribution in [0.4, 0.5) is 39.5 Å². The van der Waals surface area contributed by atoms with E-state index in [2.05, 4.69) is 24.1 Å². The molecule has 0 saturated heterocycles. The maximum Gasteiger partial charge on any atom is 0.435 e. The Kier molecular flexibility index (Phi) is 14.2. The summed E-state index contributed by atoms with van der Waals surface area (Å²) in [6.45, 7) is 11.9. The second-order valence-electron chi connectivity index (χ2n) is 6.64. The number of nitrogens with zero attached hydrogens (tertiary/aromatic N) is 1. The summed E-state index contributed by atoms with van der Waals surface area (Å²) in [5.41, 5.74) is -6.93. The Labute approximate surface area is 165 Å². The van der Waals surface area contributed by atoms with Crippen molar-refractivity contribution in [1.82, 2.24) is 0 Å². The Bertz CT molecular complexity index is 383. The van der Waals surface area contributed by atoms with Crippen molar-refractivity contribution >= 4 is 0 Å². The van der Waals surface area contributed by atoms with Gasteiger partial charge in [-0.15, -0.1) is 0 Å². The van der Waals surface area contributed by atoms with Gasteiger partial charge < -0.3 is 17.6 Å². The fourth-order valence-corrected chi connectivity index (χ4v) is 0.482. The maximum atomic E-state index is 11.4. The minimum atomic E-state index is -6.87. The van der Waals surface area contributed by atoms with E-state index >= 15 is 0 Å². The minimum Gasteiger partial charge on any atom is -0.390 e. The smallest absolute Gasteiger partial charge is 0.390 e. The molecule has 27 heavy (non-hydrogen) atoms. The molecule has 0 fully saturated rings. The first-order valence-corrected chi connectivity index (χ1v) is 8.32. The average Bonchev–Trinajstić information content (AvgIpc) is 2.33. The van der Waals surface area contributed by atoms with Crippen LogP contribution in [0.15, 0.2) is 3.34 Å². The zero-order valence-electron chi connectivity index (χ0n) is 15.9. The number of aliphatic hydroxyl groups is 2. The summed E-state index contributed by atoms with van der Waals surface area (Å²) in [6.07, 6.45) is -19.8. The molecule has 0 aromatic rings. The quantitative estimate of drug-likeness (QED) is 0.311. The second-order valence-corrected chi connectivity index (χ2v) is 7.36. The van der Waals surface area contributed by atoms with E-state index in [1.54, 1.807) is 13.8 Å². The van der Waals surface area contributed by atoms with Gasteiger partial charge in [0.1, 0.15) is 0 Å². The first kappa shape index (κ1) is 34.3. The molecule has 0 radical (unpaired) electrons. The van der Waals surface area contributed by atoms with Crippen molar-refractivity contribution in [3.8, 4) is 0 Å². The number of hydrogen-bond donors (Lipinski definition) is 2. The Morgan fingerprint density at radius 2 is 0.852 bits per heavy atom. The molecule has 0 amide bonds. The third-order valence-electron chi connectivity index (χ3n) is 2.40. The SMILES string of the molecule is CC(C)(C)[N]=[Ta].CCC(C)(C)O.OC(C(F)(F)F)(C(F)(F)F)C(F)(F)F.[CH3-]. The third-order valence-corrected chi connectivity index (χ3v) is 4.55. The molecule has 13 heteroatoms. The fraction of sp³-hybridized carbons (Fsp3) is 0.929. The van der Waals surface area contributed by atoms with Crippen LogP contribution in [0.2, 0.25) is 0 Å². The normalized spacial score (nSPS) is 13.3. The molecular formula is C14H25F9NO2Ta-. The molecule has 0 saturated carbocycles. The standard InChI is InChI=1S/C5H12O.C4HF9O.C4H9N.CH3.Ta/c1-4-5(2,3)6;5-2(6,7)1(14,3(8,9)10)4(11,12)13;1-4(2,3)5;;/h6H,4H2,1-3H3;14H;1-3H3;1H3;/q;;;-1;. The first-order chi connectivity index (χ1) is 10.9. The van der Waals surface area contributed by atoms with E-state index in [0.29, 0.717) is 0 Å². The van der Waals surface area contributed by atoms with E-state index in [4.69, 9.17) is 10.2 Å². The molecule has 0 aliphatic heterocycles. The topological polar surface area (TPSA) is 52.8 Å². The number of alkyl halides is 9. The summed E-state index contributed by atoms with van der Waals surface area (Å²) in [4.78, 5) is 0. The van der Waals surface area contributed by atoms with Crippen molar-refractivity contribution in [1.29, 1.82) is 0 Å². The molecule has 0 rings (SSSR count). The van der Waals surface area contributed by atoms with Crippen LogP contribution in [0.1, 0.15) is 48.0 Å². The largest absolute Gasteiger partial charge is 0.435 e. The molecule has 0 aliphatic carbocycles. The Morgan fingerprint density at radius 1 is 0.704 bits per heavy atom. The van der Waals surface area contributed by atoms with Gasteiger partial charge in [0.25, 0.3) is 0 Å². The number of rotatable bonds is 1. The summed E-state index contributed by atoms with van der Waals surface area (Å²) in [6, 6.07) is 0. The maximum absolute atomic E-state index is 11.4. The van der Waals surface area contributed by atoms with E-state index in [9.17, 15) is 39.5 Å². The molecule has 0 spiro atoms. The molecule has 0 aromatic carbocycles. The number of hydrogen-bond acceptors (Lipinski definition) is 3. The van der Waals surface area contributed by atoms with Crippen molar-refractivity contribution in [2.45, 2.75) is 83.2 Å². The molecule has 167 valence electrons. The van der Waals surface area contributed by atoms with Gasteiger partial charge in [0, 0.05) is 0 Å². The van der Waals surface area contributed by atoms with E-state index in [1.165, 1.54) is 0 Å². The average molecular weight is 591 g/mol. The van der Waals surface area contributed by atoms with Gasteiger partial charge in [0.2, 0.25) is 0 Å². The van der Waals surface area contributed by atoms with Gasteiger partial charge in [0.05, 0.1) is 5.60 Å². The minimum absolute atomic E-state index is 0. The molecule has 0 atom stereocenters. The summed E-state index contributed by atoms with van der Waals surface area (Å²) in [5, 5.41) is 16.5. The van der Waals surface area contributed by atoms with E-state index in [-0.39, 0.29) is 13.0 Å². The summed E-state index contributed by atoms with van der Waals surface area (Å²) < 4.78 is 107. The van der Waals surface area contributed by atoms with Gasteiger partial charge in [-0.3, -0.25) is 0 Å². The van der Waals surface area contributed by atoms with Crippen molar-refractivity contribution in [3.05, 3.63) is 7.43 Å². The van der Waals surface area contributed by atoms with E-state index in [1.807, 2.05) is 6.92 Å². The van der Waals surface area contributed by atoms with Crippen LogP contribution in [0.5, 0.6) is 0 Å². The summed E-state index contributed by atoms with van der Waals surface area (Å²) in [5.74, 6) is 0. The molecule has 0 heterocycles. The van der Waals surface area contributed by atoms with Crippen LogP contribution in [0.25, 0.3) is 0 Å². The van der Waals surface area contributed by atoms with Crippen molar-refractivity contribution in [3.63, 3.8) is 0 Å². The van der Waals surface area contributed by atoms with Crippen LogP contribution in [0, 0.1) is 7.43 Å². The van der Waals surface area contributed by atoms with Gasteiger partial charge in [0.15, 0.2) is 0 Å². The second kappa shape index (κ2) is 11.1. The first-order valence-electron chi connectivity index (χ1n) is 6.88. The van der Waals surface area contributed by atoms with Crippen LogP contribution in [-0.2, 0) is 20.9 Å². The molecular weight excluding hydrogens is 566 g/mol. The van der Waals surface area contributed by atoms with Gasteiger partial charge in [-0.05, 0) is 20.3 Å². The molecule has 2 N–H and O–H groups in total. The van der Waals surface area contributed by atoms with Gasteiger partial charge in [-0.2, -0.15) is 39.5 Å². The number of halogens is 9. The zero-order chi connectivity index (χ0) is 22.4. The molecule has 0 aromatic heterocycles. The van der Waals surface area contributed by atoms with Crippen LogP contribution >= 0.6 is 0 Å². The van der Waals surface area contributed by atoms with E-state index in [0.717, 1.165) is 27.3 Å². The monoisotopic (exact) mass is 591 g/mol. The Balaban J connectivity index is -0.000000170. The molecule has 0 bridgehead atoms. The fourth-order valence-electron chi connectivity index (χ4n) is 0.482. The van der Waals surface area contributed by atoms with Crippen LogP contribution < -0.4 is 0 Å².